The van der Waals surface area contributed by atoms with Crippen molar-refractivity contribution in [1.29, 1.82) is 0 Å². The number of hydrogen-bond acceptors (Lipinski definition) is 2. The van der Waals surface area contributed by atoms with Gasteiger partial charge in [0.2, 0.25) is 0 Å². The first-order chi connectivity index (χ1) is 14.6. The van der Waals surface area contributed by atoms with Crippen LogP contribution in [0.3, 0.4) is 0 Å². The average Bonchev–Trinajstić information content (AvgIpc) is 2.75. The molecule has 0 saturated carbocycles. The second-order valence-corrected chi connectivity index (χ2v) is 8.59. The first-order valence-electron chi connectivity index (χ1n) is 9.96. The Bertz CT molecular complexity index is 930. The van der Waals surface area contributed by atoms with E-state index < -0.39 is 0 Å². The lowest BCUT2D eigenvalue weighted by atomic mass is 9.96. The molecule has 30 heavy (non-hydrogen) atoms. The maximum atomic E-state index is 6.10. The number of rotatable bonds is 4. The molecule has 0 bridgehead atoms. The Morgan fingerprint density at radius 2 is 1.27 bits per heavy atom. The summed E-state index contributed by atoms with van der Waals surface area (Å²) in [4.78, 5) is 4.73. The van der Waals surface area contributed by atoms with Gasteiger partial charge in [-0.1, -0.05) is 83.9 Å². The Kier molecular flexibility index (Phi) is 6.90. The molecule has 154 valence electrons. The highest BCUT2D eigenvalue weighted by Crippen LogP contribution is 2.29. The molecule has 3 aromatic carbocycles. The summed E-state index contributed by atoms with van der Waals surface area (Å²) in [5.41, 5.74) is 3.43. The van der Waals surface area contributed by atoms with Crippen molar-refractivity contribution in [3.05, 3.63) is 100 Å². The standard InChI is InChI=1S/C24H23Cl2N3S/c25-20-15-21(26)17-22(16-20)27-24(30)29-13-11-28(12-14-29)23(18-7-3-1-4-8-18)19-9-5-2-6-10-19/h1-10,15-17,23H,11-14H2,(H,27,30). The van der Waals surface area contributed by atoms with Crippen molar-refractivity contribution in [1.82, 2.24) is 9.80 Å². The molecule has 0 aromatic heterocycles. The predicted molar refractivity (Wildman–Crippen MR) is 131 cm³/mol. The molecule has 3 nitrogen and oxygen atoms in total. The molecule has 6 heteroatoms. The topological polar surface area (TPSA) is 18.5 Å². The molecule has 1 saturated heterocycles. The van der Waals surface area contributed by atoms with Gasteiger partial charge in [0.05, 0.1) is 6.04 Å². The summed E-state index contributed by atoms with van der Waals surface area (Å²) in [5, 5.41) is 5.15. The van der Waals surface area contributed by atoms with E-state index in [1.807, 2.05) is 12.1 Å². The molecule has 0 amide bonds. The number of thiocarbonyl (C=S) groups is 1. The smallest absolute Gasteiger partial charge is 0.173 e. The van der Waals surface area contributed by atoms with E-state index in [0.717, 1.165) is 31.9 Å². The molecular weight excluding hydrogens is 433 g/mol. The Morgan fingerprint density at radius 1 is 0.767 bits per heavy atom. The van der Waals surface area contributed by atoms with E-state index in [0.29, 0.717) is 15.2 Å². The minimum absolute atomic E-state index is 0.239. The van der Waals surface area contributed by atoms with E-state index in [1.54, 1.807) is 6.07 Å². The van der Waals surface area contributed by atoms with Gasteiger partial charge in [0.1, 0.15) is 0 Å². The minimum atomic E-state index is 0.239. The average molecular weight is 456 g/mol. The molecule has 0 atom stereocenters. The quantitative estimate of drug-likeness (QED) is 0.478. The number of halogens is 2. The van der Waals surface area contributed by atoms with Crippen LogP contribution < -0.4 is 5.32 Å². The number of nitrogens with one attached hydrogen (secondary N) is 1. The lowest BCUT2D eigenvalue weighted by Gasteiger charge is -2.40. The predicted octanol–water partition coefficient (Wildman–Crippen LogP) is 6.10. The highest BCUT2D eigenvalue weighted by atomic mass is 35.5. The van der Waals surface area contributed by atoms with Crippen LogP contribution in [0, 0.1) is 0 Å². The molecule has 3 aromatic rings. The van der Waals surface area contributed by atoms with Gasteiger partial charge >= 0.3 is 0 Å². The van der Waals surface area contributed by atoms with Crippen LogP contribution in [0.5, 0.6) is 0 Å². The number of nitrogens with zero attached hydrogens (tertiary/aromatic N) is 2. The summed E-state index contributed by atoms with van der Waals surface area (Å²) in [6.07, 6.45) is 0. The van der Waals surface area contributed by atoms with Gasteiger partial charge in [0, 0.05) is 41.9 Å². The molecule has 4 rings (SSSR count). The second kappa shape index (κ2) is 9.80. The molecule has 1 N–H and O–H groups in total. The van der Waals surface area contributed by atoms with Gasteiger partial charge in [-0.15, -0.1) is 0 Å². The van der Waals surface area contributed by atoms with Crippen LogP contribution in [0.25, 0.3) is 0 Å². The number of hydrogen-bond donors (Lipinski definition) is 1. The summed E-state index contributed by atoms with van der Waals surface area (Å²) in [6.45, 7) is 3.56. The number of benzene rings is 3. The summed E-state index contributed by atoms with van der Waals surface area (Å²) >= 11 is 17.8. The zero-order valence-corrected chi connectivity index (χ0v) is 18.8. The summed E-state index contributed by atoms with van der Waals surface area (Å²) in [6, 6.07) is 27.0. The number of piperazine rings is 1. The van der Waals surface area contributed by atoms with Gasteiger partial charge in [-0.2, -0.15) is 0 Å². The third kappa shape index (κ3) is 5.13. The first kappa shape index (κ1) is 21.1. The molecule has 1 heterocycles. The lowest BCUT2D eigenvalue weighted by molar-refractivity contribution is 0.151. The van der Waals surface area contributed by atoms with E-state index >= 15 is 0 Å². The lowest BCUT2D eigenvalue weighted by Crippen LogP contribution is -2.50. The van der Waals surface area contributed by atoms with Crippen LogP contribution in [0.2, 0.25) is 10.0 Å². The summed E-state index contributed by atoms with van der Waals surface area (Å²) in [5.74, 6) is 0. The Hall–Kier alpha value is -2.11. The fourth-order valence-corrected chi connectivity index (χ4v) is 4.72. The molecule has 0 spiro atoms. The second-order valence-electron chi connectivity index (χ2n) is 7.34. The highest BCUT2D eigenvalue weighted by Gasteiger charge is 2.27. The SMILES string of the molecule is S=C(Nc1cc(Cl)cc(Cl)c1)N1CCN(C(c2ccccc2)c2ccccc2)CC1. The fourth-order valence-electron chi connectivity index (χ4n) is 3.90. The van der Waals surface area contributed by atoms with Crippen molar-refractivity contribution >= 4 is 46.2 Å². The molecule has 1 aliphatic rings. The molecular formula is C24H23Cl2N3S. The van der Waals surface area contributed by atoms with Gasteiger partial charge in [-0.3, -0.25) is 4.90 Å². The highest BCUT2D eigenvalue weighted by molar-refractivity contribution is 7.80. The zero-order chi connectivity index (χ0) is 20.9. The van der Waals surface area contributed by atoms with E-state index in [1.165, 1.54) is 11.1 Å². The third-order valence-corrected chi connectivity index (χ3v) is 6.11. The van der Waals surface area contributed by atoms with Gasteiger partial charge in [-0.05, 0) is 41.5 Å². The third-order valence-electron chi connectivity index (χ3n) is 5.31. The van der Waals surface area contributed by atoms with Crippen molar-refractivity contribution in [3.8, 4) is 0 Å². The van der Waals surface area contributed by atoms with Gasteiger partial charge in [0.15, 0.2) is 5.11 Å². The Morgan fingerprint density at radius 3 is 1.77 bits per heavy atom. The van der Waals surface area contributed by atoms with Crippen molar-refractivity contribution in [3.63, 3.8) is 0 Å². The maximum absolute atomic E-state index is 6.10. The molecule has 0 unspecified atom stereocenters. The van der Waals surface area contributed by atoms with Crippen molar-refractivity contribution in [2.24, 2.45) is 0 Å². The minimum Gasteiger partial charge on any atom is -0.346 e. The molecule has 1 fully saturated rings. The monoisotopic (exact) mass is 455 g/mol. The van der Waals surface area contributed by atoms with Gasteiger partial charge in [0.25, 0.3) is 0 Å². The van der Waals surface area contributed by atoms with Crippen LogP contribution in [-0.2, 0) is 0 Å². The van der Waals surface area contributed by atoms with Crippen LogP contribution in [0.1, 0.15) is 17.2 Å². The van der Waals surface area contributed by atoms with Gasteiger partial charge < -0.3 is 10.2 Å². The molecule has 1 aliphatic heterocycles. The normalized spacial score (nSPS) is 14.7. The number of anilines is 1. The first-order valence-corrected chi connectivity index (χ1v) is 11.1. The van der Waals surface area contributed by atoms with E-state index in [2.05, 4.69) is 75.8 Å². The largest absolute Gasteiger partial charge is 0.346 e. The molecule has 0 radical (unpaired) electrons. The summed E-state index contributed by atoms with van der Waals surface area (Å²) in [7, 11) is 0. The van der Waals surface area contributed by atoms with Crippen molar-refractivity contribution in [2.45, 2.75) is 6.04 Å². The fraction of sp³-hybridized carbons (Fsp3) is 0.208. The van der Waals surface area contributed by atoms with Crippen LogP contribution in [0.4, 0.5) is 5.69 Å². The summed E-state index contributed by atoms with van der Waals surface area (Å²) < 4.78 is 0. The van der Waals surface area contributed by atoms with Crippen molar-refractivity contribution < 1.29 is 0 Å². The molecule has 0 aliphatic carbocycles. The van der Waals surface area contributed by atoms with Crippen LogP contribution in [0.15, 0.2) is 78.9 Å². The van der Waals surface area contributed by atoms with E-state index in [-0.39, 0.29) is 6.04 Å². The van der Waals surface area contributed by atoms with Crippen molar-refractivity contribution in [2.75, 3.05) is 31.5 Å². The zero-order valence-electron chi connectivity index (χ0n) is 16.5. The van der Waals surface area contributed by atoms with Crippen LogP contribution >= 0.6 is 35.4 Å². The Balaban J connectivity index is 1.45. The van der Waals surface area contributed by atoms with E-state index in [9.17, 15) is 0 Å². The van der Waals surface area contributed by atoms with Crippen LogP contribution in [-0.4, -0.2) is 41.1 Å². The van der Waals surface area contributed by atoms with Gasteiger partial charge in [-0.25, -0.2) is 0 Å². The maximum Gasteiger partial charge on any atom is 0.173 e. The Labute approximate surface area is 193 Å². The van der Waals surface area contributed by atoms with E-state index in [4.69, 9.17) is 35.4 Å².